The van der Waals surface area contributed by atoms with Crippen LogP contribution >= 0.6 is 54.5 Å². The number of rotatable bonds is 32. The van der Waals surface area contributed by atoms with Crippen molar-refractivity contribution in [3.8, 4) is 0 Å². The maximum atomic E-state index is 4.40. The third kappa shape index (κ3) is 28.4. The van der Waals surface area contributed by atoms with Crippen LogP contribution in [0.25, 0.3) is 0 Å². The summed E-state index contributed by atoms with van der Waals surface area (Å²) in [6, 6.07) is 0. The predicted octanol–water partition coefficient (Wildman–Crippen LogP) is 16.0. The van der Waals surface area contributed by atoms with E-state index < -0.39 is 0 Å². The largest absolute Gasteiger partial charge is 0.186 e. The Hall–Kier alpha value is 0.440. The Labute approximate surface area is 288 Å². The second-order valence-corrected chi connectivity index (χ2v) is 18.4. The summed E-state index contributed by atoms with van der Waals surface area (Å²) in [6.45, 7) is 9.05. The second-order valence-electron chi connectivity index (χ2n) is 12.2. The molecule has 0 bridgehead atoms. The zero-order chi connectivity index (χ0) is 31.1. The fourth-order valence-corrected chi connectivity index (χ4v) is 10.3. The van der Waals surface area contributed by atoms with Gasteiger partial charge in [0.15, 0.2) is 8.68 Å². The smallest absolute Gasteiger partial charge is 0.130 e. The monoisotopic (exact) mass is 686 g/mol. The van der Waals surface area contributed by atoms with Gasteiger partial charge in [0, 0.05) is 0 Å². The maximum absolute atomic E-state index is 4.40. The van der Waals surface area contributed by atoms with Gasteiger partial charge < -0.3 is 0 Å². The van der Waals surface area contributed by atoms with Crippen molar-refractivity contribution in [3.63, 3.8) is 0 Å². The molecule has 0 aliphatic heterocycles. The first kappa shape index (κ1) is 41.5. The minimum absolute atomic E-state index is 1.06. The first-order valence-electron chi connectivity index (χ1n) is 18.0. The lowest BCUT2D eigenvalue weighted by Gasteiger charge is -2.02. The van der Waals surface area contributed by atoms with Gasteiger partial charge in [-0.25, -0.2) is 0 Å². The molecule has 0 amide bonds. The number of hydrogen-bond donors (Lipinski definition) is 0. The molecule has 0 spiro atoms. The third-order valence-corrected chi connectivity index (χ3v) is 14.5. The van der Waals surface area contributed by atoms with Crippen LogP contribution in [-0.2, 0) is 0 Å². The van der Waals surface area contributed by atoms with Gasteiger partial charge in [-0.1, -0.05) is 200 Å². The molecule has 1 aromatic rings. The molecule has 2 nitrogen and oxygen atoms in total. The van der Waals surface area contributed by atoms with Gasteiger partial charge >= 0.3 is 0 Å². The van der Waals surface area contributed by atoms with Crippen LogP contribution in [0.4, 0.5) is 0 Å². The Balaban J connectivity index is 1.98. The van der Waals surface area contributed by atoms with Gasteiger partial charge in [0.25, 0.3) is 0 Å². The van der Waals surface area contributed by atoms with Crippen molar-refractivity contribution in [1.82, 2.24) is 10.2 Å². The van der Waals surface area contributed by atoms with Crippen LogP contribution in [0.3, 0.4) is 0 Å². The fourth-order valence-electron chi connectivity index (χ4n) is 5.12. The van der Waals surface area contributed by atoms with Crippen LogP contribution in [0.5, 0.6) is 0 Å². The number of allylic oxidation sites excluding steroid dienone is 4. The van der Waals surface area contributed by atoms with E-state index in [1.165, 1.54) is 177 Å². The highest BCUT2D eigenvalue weighted by Gasteiger charge is 2.07. The molecule has 0 atom stereocenters. The van der Waals surface area contributed by atoms with Gasteiger partial charge in [-0.05, 0) is 70.9 Å². The van der Waals surface area contributed by atoms with Crippen molar-refractivity contribution in [1.29, 1.82) is 0 Å². The minimum Gasteiger partial charge on any atom is -0.130 e. The zero-order valence-electron chi connectivity index (χ0n) is 28.5. The molecule has 0 radical (unpaired) electrons. The molecule has 250 valence electrons. The Kier molecular flexibility index (Phi) is 31.2. The Morgan fingerprint density at radius 2 is 0.744 bits per heavy atom. The highest BCUT2D eigenvalue weighted by molar-refractivity contribution is 8.79. The van der Waals surface area contributed by atoms with Crippen molar-refractivity contribution < 1.29 is 0 Å². The van der Waals surface area contributed by atoms with Crippen LogP contribution in [0.1, 0.15) is 195 Å². The molecule has 43 heavy (non-hydrogen) atoms. The average Bonchev–Trinajstić information content (AvgIpc) is 3.47. The van der Waals surface area contributed by atoms with E-state index >= 15 is 0 Å². The van der Waals surface area contributed by atoms with E-state index in [9.17, 15) is 0 Å². The quantitative estimate of drug-likeness (QED) is 0.0553. The molecule has 0 aromatic carbocycles. The molecule has 0 fully saturated rings. The summed E-state index contributed by atoms with van der Waals surface area (Å²) in [4.78, 5) is 2.78. The van der Waals surface area contributed by atoms with E-state index in [0.29, 0.717) is 0 Å². The number of unbranched alkanes of at least 4 members (excludes halogenated alkanes) is 24. The number of nitrogens with zero attached hydrogens (tertiary/aromatic N) is 2. The predicted molar refractivity (Wildman–Crippen MR) is 206 cm³/mol. The van der Waals surface area contributed by atoms with Crippen molar-refractivity contribution >= 4 is 54.5 Å². The van der Waals surface area contributed by atoms with Crippen molar-refractivity contribution in [3.05, 3.63) is 22.0 Å². The molecule has 0 saturated heterocycles. The molecule has 0 unspecified atom stereocenters. The van der Waals surface area contributed by atoms with Crippen LogP contribution in [0, 0.1) is 0 Å². The highest BCUT2D eigenvalue weighted by Crippen LogP contribution is 2.43. The summed E-state index contributed by atoms with van der Waals surface area (Å²) >= 11 is 1.72. The van der Waals surface area contributed by atoms with Gasteiger partial charge in [-0.15, -0.1) is 10.2 Å². The molecular formula is C36H66N2S5. The Morgan fingerprint density at radius 3 is 1.05 bits per heavy atom. The Bertz CT molecular complexity index is 730. The zero-order valence-corrected chi connectivity index (χ0v) is 32.6. The van der Waals surface area contributed by atoms with Crippen molar-refractivity contribution in [2.24, 2.45) is 0 Å². The molecule has 1 rings (SSSR count). The van der Waals surface area contributed by atoms with E-state index in [1.54, 1.807) is 32.9 Å². The van der Waals surface area contributed by atoms with Crippen LogP contribution in [0.2, 0.25) is 0 Å². The van der Waals surface area contributed by atoms with Crippen molar-refractivity contribution in [2.45, 2.75) is 203 Å². The normalized spacial score (nSPS) is 12.5. The molecule has 0 aliphatic carbocycles. The Morgan fingerprint density at radius 1 is 0.465 bits per heavy atom. The topological polar surface area (TPSA) is 25.8 Å². The van der Waals surface area contributed by atoms with Crippen LogP contribution in [0.15, 0.2) is 30.6 Å². The third-order valence-electron chi connectivity index (χ3n) is 7.86. The van der Waals surface area contributed by atoms with Crippen molar-refractivity contribution in [2.75, 3.05) is 0 Å². The summed E-state index contributed by atoms with van der Waals surface area (Å²) in [5.74, 6) is 0. The van der Waals surface area contributed by atoms with Gasteiger partial charge in [-0.2, -0.15) is 0 Å². The highest BCUT2D eigenvalue weighted by atomic mass is 33.1. The number of aromatic nitrogens is 2. The van der Waals surface area contributed by atoms with Gasteiger partial charge in [0.1, 0.15) is 0 Å². The summed E-state index contributed by atoms with van der Waals surface area (Å²) in [5, 5.41) is 8.81. The summed E-state index contributed by atoms with van der Waals surface area (Å²) in [5.41, 5.74) is 0. The first-order valence-corrected chi connectivity index (χ1v) is 23.1. The molecule has 1 aromatic heterocycles. The lowest BCUT2D eigenvalue weighted by Crippen LogP contribution is -1.82. The van der Waals surface area contributed by atoms with E-state index in [4.69, 9.17) is 0 Å². The van der Waals surface area contributed by atoms with Crippen LogP contribution in [-0.4, -0.2) is 10.2 Å². The minimum atomic E-state index is 1.06. The average molecular weight is 687 g/mol. The lowest BCUT2D eigenvalue weighted by molar-refractivity contribution is 0.545. The van der Waals surface area contributed by atoms with E-state index in [1.807, 2.05) is 21.6 Å². The van der Waals surface area contributed by atoms with Gasteiger partial charge in [0.05, 0.1) is 0 Å². The molecule has 0 aliphatic rings. The van der Waals surface area contributed by atoms with E-state index in [-0.39, 0.29) is 0 Å². The first-order chi connectivity index (χ1) is 21.2. The molecule has 7 heteroatoms. The molecular weight excluding hydrogens is 621 g/mol. The summed E-state index contributed by atoms with van der Waals surface area (Å²) < 4.78 is 2.12. The van der Waals surface area contributed by atoms with E-state index in [2.05, 4.69) is 50.0 Å². The molecule has 0 N–H and O–H groups in total. The molecule has 0 saturated carbocycles. The van der Waals surface area contributed by atoms with Gasteiger partial charge in [-0.3, -0.25) is 0 Å². The standard InChI is InChI=1S/C36H66N2S5/c1-5-7-9-11-13-15-17-19-21-23-25-27-29-31-33(3)40-42-35-37-38-36(39-35)43-41-34(4)32-30-28-26-24-22-20-18-16-14-12-10-8-6-2/h31-32H,5-30H2,1-4H3. The van der Waals surface area contributed by atoms with Crippen LogP contribution < -0.4 is 0 Å². The van der Waals surface area contributed by atoms with Gasteiger partial charge in [0.2, 0.25) is 0 Å². The summed E-state index contributed by atoms with van der Waals surface area (Å²) in [6.07, 6.45) is 41.2. The molecule has 1 heterocycles. The lowest BCUT2D eigenvalue weighted by atomic mass is 10.0. The number of hydrogen-bond acceptors (Lipinski definition) is 7. The summed E-state index contributed by atoms with van der Waals surface area (Å²) in [7, 11) is 7.18. The van der Waals surface area contributed by atoms with E-state index in [0.717, 1.165) is 8.68 Å². The SMILES string of the molecule is CCCCCCCCCCCCCCC=C(C)SSc1nnc(SSC(C)=CCCCCCCCCCCCCCC)s1. The fraction of sp³-hybridized carbons (Fsp3) is 0.833. The maximum Gasteiger partial charge on any atom is 0.186 e. The second kappa shape index (κ2) is 32.4.